The molecule has 166 valence electrons. The molecule has 0 aliphatic heterocycles. The molecule has 0 aliphatic rings. The summed E-state index contributed by atoms with van der Waals surface area (Å²) in [5, 5.41) is 2.62. The molecule has 0 fully saturated rings. The molecule has 0 unspecified atom stereocenters. The first-order chi connectivity index (χ1) is 15.6. The first-order valence-corrected chi connectivity index (χ1v) is 11.9. The molecular formula is C32H33N. The van der Waals surface area contributed by atoms with Crippen LogP contribution in [0.1, 0.15) is 52.7 Å². The standard InChI is InChI=1S/C32H33N/c1-31(2,3)24-14-18-27-28-19-15-25(32(4,5)6)21-30(28)33(29(27)20-24)26-16-12-23(13-17-26)22-10-8-7-9-11-22/h7-21H,1-6H3. The topological polar surface area (TPSA) is 4.93 Å². The number of rotatable bonds is 2. The quantitative estimate of drug-likeness (QED) is 0.263. The molecule has 1 heterocycles. The van der Waals surface area contributed by atoms with Gasteiger partial charge in [0.25, 0.3) is 0 Å². The Hall–Kier alpha value is -3.32. The Kier molecular flexibility index (Phi) is 4.97. The van der Waals surface area contributed by atoms with E-state index < -0.39 is 0 Å². The minimum Gasteiger partial charge on any atom is -0.309 e. The van der Waals surface area contributed by atoms with Crippen LogP contribution in [0.25, 0.3) is 38.6 Å². The van der Waals surface area contributed by atoms with Gasteiger partial charge in [-0.3, -0.25) is 0 Å². The Balaban J connectivity index is 1.78. The van der Waals surface area contributed by atoms with Gasteiger partial charge >= 0.3 is 0 Å². The van der Waals surface area contributed by atoms with Crippen molar-refractivity contribution in [2.45, 2.75) is 52.4 Å². The number of aromatic nitrogens is 1. The van der Waals surface area contributed by atoms with Gasteiger partial charge < -0.3 is 4.57 Å². The molecule has 0 atom stereocenters. The molecule has 0 N–H and O–H groups in total. The number of benzene rings is 4. The lowest BCUT2D eigenvalue weighted by molar-refractivity contribution is 0.591. The minimum absolute atomic E-state index is 0.100. The molecule has 1 aromatic heterocycles. The fraction of sp³-hybridized carbons (Fsp3) is 0.250. The van der Waals surface area contributed by atoms with Crippen LogP contribution in [0.2, 0.25) is 0 Å². The van der Waals surface area contributed by atoms with Crippen LogP contribution >= 0.6 is 0 Å². The lowest BCUT2D eigenvalue weighted by Crippen LogP contribution is -2.11. The predicted octanol–water partition coefficient (Wildman–Crippen LogP) is 9.05. The van der Waals surface area contributed by atoms with Gasteiger partial charge in [0.15, 0.2) is 0 Å². The Labute approximate surface area is 197 Å². The van der Waals surface area contributed by atoms with Crippen molar-refractivity contribution in [1.82, 2.24) is 4.57 Å². The highest BCUT2D eigenvalue weighted by Gasteiger charge is 2.20. The lowest BCUT2D eigenvalue weighted by Gasteiger charge is -2.20. The Bertz CT molecular complexity index is 1370. The summed E-state index contributed by atoms with van der Waals surface area (Å²) in [6.45, 7) is 13.7. The second-order valence-electron chi connectivity index (χ2n) is 11.2. The third kappa shape index (κ3) is 3.86. The SMILES string of the molecule is CC(C)(C)c1ccc2c3ccc(C(C)(C)C)cc3n(-c3ccc(-c4ccccc4)cc3)c2c1. The van der Waals surface area contributed by atoms with Gasteiger partial charge in [-0.05, 0) is 57.3 Å². The summed E-state index contributed by atoms with van der Waals surface area (Å²) in [5.74, 6) is 0. The van der Waals surface area contributed by atoms with Crippen molar-refractivity contribution in [2.75, 3.05) is 0 Å². The predicted molar refractivity (Wildman–Crippen MR) is 144 cm³/mol. The zero-order valence-corrected chi connectivity index (χ0v) is 20.6. The van der Waals surface area contributed by atoms with Crippen LogP contribution in [-0.2, 0) is 10.8 Å². The highest BCUT2D eigenvalue weighted by molar-refractivity contribution is 6.09. The van der Waals surface area contributed by atoms with Gasteiger partial charge in [-0.2, -0.15) is 0 Å². The van der Waals surface area contributed by atoms with Crippen molar-refractivity contribution in [2.24, 2.45) is 0 Å². The van der Waals surface area contributed by atoms with E-state index in [1.54, 1.807) is 0 Å². The molecule has 1 heteroatoms. The largest absolute Gasteiger partial charge is 0.309 e. The van der Waals surface area contributed by atoms with Crippen LogP contribution in [0, 0.1) is 0 Å². The van der Waals surface area contributed by atoms with E-state index >= 15 is 0 Å². The van der Waals surface area contributed by atoms with E-state index in [9.17, 15) is 0 Å². The number of nitrogens with zero attached hydrogens (tertiary/aromatic N) is 1. The fourth-order valence-electron chi connectivity index (χ4n) is 4.66. The van der Waals surface area contributed by atoms with Gasteiger partial charge in [0, 0.05) is 16.5 Å². The molecule has 0 aliphatic carbocycles. The molecule has 0 saturated heterocycles. The first kappa shape index (κ1) is 21.5. The Morgan fingerprint density at radius 1 is 0.485 bits per heavy atom. The van der Waals surface area contributed by atoms with E-state index in [0.717, 1.165) is 0 Å². The molecular weight excluding hydrogens is 398 g/mol. The number of hydrogen-bond donors (Lipinski definition) is 0. The van der Waals surface area contributed by atoms with Crippen molar-refractivity contribution in [1.29, 1.82) is 0 Å². The van der Waals surface area contributed by atoms with Gasteiger partial charge in [-0.25, -0.2) is 0 Å². The van der Waals surface area contributed by atoms with Gasteiger partial charge in [-0.1, -0.05) is 108 Å². The van der Waals surface area contributed by atoms with Crippen LogP contribution in [0.3, 0.4) is 0 Å². The zero-order valence-electron chi connectivity index (χ0n) is 20.6. The maximum atomic E-state index is 2.45. The summed E-state index contributed by atoms with van der Waals surface area (Å²) in [4.78, 5) is 0. The average Bonchev–Trinajstić information content (AvgIpc) is 3.11. The smallest absolute Gasteiger partial charge is 0.0544 e. The summed E-state index contributed by atoms with van der Waals surface area (Å²) >= 11 is 0. The third-order valence-electron chi connectivity index (χ3n) is 6.73. The highest BCUT2D eigenvalue weighted by atomic mass is 15.0. The van der Waals surface area contributed by atoms with E-state index in [2.05, 4.69) is 137 Å². The molecule has 0 radical (unpaired) electrons. The minimum atomic E-state index is 0.100. The van der Waals surface area contributed by atoms with Gasteiger partial charge in [-0.15, -0.1) is 0 Å². The molecule has 5 aromatic rings. The third-order valence-corrected chi connectivity index (χ3v) is 6.73. The van der Waals surface area contributed by atoms with Crippen molar-refractivity contribution < 1.29 is 0 Å². The summed E-state index contributed by atoms with van der Waals surface area (Å²) in [6.07, 6.45) is 0. The van der Waals surface area contributed by atoms with Gasteiger partial charge in [0.1, 0.15) is 0 Å². The van der Waals surface area contributed by atoms with Crippen LogP contribution in [0.5, 0.6) is 0 Å². The summed E-state index contributed by atoms with van der Waals surface area (Å²) in [7, 11) is 0. The van der Waals surface area contributed by atoms with Crippen molar-refractivity contribution >= 4 is 21.8 Å². The van der Waals surface area contributed by atoms with E-state index in [0.29, 0.717) is 0 Å². The molecule has 0 saturated carbocycles. The van der Waals surface area contributed by atoms with Crippen molar-refractivity contribution in [3.8, 4) is 16.8 Å². The van der Waals surface area contributed by atoms with Crippen molar-refractivity contribution in [3.05, 3.63) is 102 Å². The molecule has 0 bridgehead atoms. The van der Waals surface area contributed by atoms with Gasteiger partial charge in [0.05, 0.1) is 11.0 Å². The van der Waals surface area contributed by atoms with Crippen LogP contribution in [-0.4, -0.2) is 4.57 Å². The van der Waals surface area contributed by atoms with E-state index in [4.69, 9.17) is 0 Å². The van der Waals surface area contributed by atoms with E-state index in [-0.39, 0.29) is 10.8 Å². The summed E-state index contributed by atoms with van der Waals surface area (Å²) in [5.41, 5.74) is 9.15. The lowest BCUT2D eigenvalue weighted by atomic mass is 9.86. The maximum Gasteiger partial charge on any atom is 0.0544 e. The Morgan fingerprint density at radius 2 is 0.939 bits per heavy atom. The first-order valence-electron chi connectivity index (χ1n) is 11.9. The van der Waals surface area contributed by atoms with E-state index in [1.807, 2.05) is 0 Å². The molecule has 1 nitrogen and oxygen atoms in total. The highest BCUT2D eigenvalue weighted by Crippen LogP contribution is 2.37. The molecule has 5 rings (SSSR count). The molecule has 0 spiro atoms. The monoisotopic (exact) mass is 431 g/mol. The van der Waals surface area contributed by atoms with Crippen LogP contribution < -0.4 is 0 Å². The molecule has 0 amide bonds. The number of fused-ring (bicyclic) bond motifs is 3. The van der Waals surface area contributed by atoms with Crippen LogP contribution in [0.4, 0.5) is 0 Å². The Morgan fingerprint density at radius 3 is 1.39 bits per heavy atom. The van der Waals surface area contributed by atoms with Crippen molar-refractivity contribution in [3.63, 3.8) is 0 Å². The zero-order chi connectivity index (χ0) is 23.4. The van der Waals surface area contributed by atoms with Crippen LogP contribution in [0.15, 0.2) is 91.0 Å². The fourth-order valence-corrected chi connectivity index (χ4v) is 4.66. The van der Waals surface area contributed by atoms with Gasteiger partial charge in [0.2, 0.25) is 0 Å². The summed E-state index contributed by atoms with van der Waals surface area (Å²) in [6, 6.07) is 33.6. The molecule has 4 aromatic carbocycles. The molecule has 33 heavy (non-hydrogen) atoms. The number of hydrogen-bond acceptors (Lipinski definition) is 0. The maximum absolute atomic E-state index is 2.45. The second-order valence-corrected chi connectivity index (χ2v) is 11.2. The normalized spacial score (nSPS) is 12.5. The average molecular weight is 432 g/mol. The second kappa shape index (κ2) is 7.63. The summed E-state index contributed by atoms with van der Waals surface area (Å²) < 4.78 is 2.45. The van der Waals surface area contributed by atoms with E-state index in [1.165, 1.54) is 49.7 Å².